The van der Waals surface area contributed by atoms with Crippen molar-refractivity contribution in [3.63, 3.8) is 0 Å². The second kappa shape index (κ2) is 13.7. The summed E-state index contributed by atoms with van der Waals surface area (Å²) < 4.78 is 0. The molecule has 3 amide bonds. The minimum atomic E-state index is -1.24. The molecule has 0 aromatic carbocycles. The lowest BCUT2D eigenvalue weighted by molar-refractivity contribution is -0.142. The van der Waals surface area contributed by atoms with Crippen LogP contribution in [-0.4, -0.2) is 79.9 Å². The van der Waals surface area contributed by atoms with Crippen molar-refractivity contribution >= 4 is 23.7 Å². The van der Waals surface area contributed by atoms with Crippen LogP contribution >= 0.6 is 0 Å². The Kier molecular flexibility index (Phi) is 10.7. The number of hydrogen-bond acceptors (Lipinski definition) is 8. The Hall–Kier alpha value is -3.78. The molecule has 0 bridgehead atoms. The third-order valence-electron chi connectivity index (χ3n) is 4.99. The van der Waals surface area contributed by atoms with Gasteiger partial charge < -0.3 is 42.5 Å². The van der Waals surface area contributed by atoms with Crippen molar-refractivity contribution in [2.75, 3.05) is 13.1 Å². The molecule has 0 aliphatic rings. The number of unbranched alkanes of at least 4 members (excludes halogenated alkanes) is 1. The number of carbonyl (C=O) groups is 4. The number of imidazole rings is 2. The van der Waals surface area contributed by atoms with Gasteiger partial charge in [-0.2, -0.15) is 0 Å². The Labute approximate surface area is 195 Å². The summed E-state index contributed by atoms with van der Waals surface area (Å²) in [4.78, 5) is 62.9. The predicted molar refractivity (Wildman–Crippen MR) is 120 cm³/mol. The number of aliphatic carboxylic acids is 1. The van der Waals surface area contributed by atoms with Gasteiger partial charge in [0, 0.05) is 36.6 Å². The molecule has 0 spiro atoms. The van der Waals surface area contributed by atoms with Crippen molar-refractivity contribution < 1.29 is 24.3 Å². The van der Waals surface area contributed by atoms with Crippen LogP contribution in [0.1, 0.15) is 30.7 Å². The number of aromatic nitrogens is 4. The van der Waals surface area contributed by atoms with Crippen LogP contribution in [0.4, 0.5) is 0 Å². The third-order valence-corrected chi connectivity index (χ3v) is 4.99. The zero-order chi connectivity index (χ0) is 24.9. The molecule has 0 saturated carbocycles. The Morgan fingerprint density at radius 3 is 1.91 bits per heavy atom. The van der Waals surface area contributed by atoms with E-state index >= 15 is 0 Å². The van der Waals surface area contributed by atoms with E-state index in [0.29, 0.717) is 30.8 Å². The third kappa shape index (κ3) is 8.63. The maximum absolute atomic E-state index is 13.0. The SMILES string of the molecule is NCCCC[C@H](NC(=O)[C@H](Cc1cnc[nH]1)NC(=O)CN)C(=O)N[C@@H](Cc1cnc[nH]1)C(=O)O. The minimum absolute atomic E-state index is 0.0143. The molecular formula is C20H31N9O5. The number of nitrogens with two attached hydrogens (primary N) is 2. The van der Waals surface area contributed by atoms with E-state index < -0.39 is 41.8 Å². The summed E-state index contributed by atoms with van der Waals surface area (Å²) in [5.41, 5.74) is 12.0. The molecule has 0 fully saturated rings. The van der Waals surface area contributed by atoms with Gasteiger partial charge in [0.05, 0.1) is 19.2 Å². The first-order valence-corrected chi connectivity index (χ1v) is 10.8. The minimum Gasteiger partial charge on any atom is -0.480 e. The van der Waals surface area contributed by atoms with E-state index in [2.05, 4.69) is 35.9 Å². The van der Waals surface area contributed by atoms with Gasteiger partial charge in [0.1, 0.15) is 18.1 Å². The molecule has 2 rings (SSSR count). The fraction of sp³-hybridized carbons (Fsp3) is 0.500. The number of nitrogens with zero attached hydrogens (tertiary/aromatic N) is 2. The van der Waals surface area contributed by atoms with Crippen LogP contribution in [-0.2, 0) is 32.0 Å². The number of nitrogens with one attached hydrogen (secondary N) is 5. The van der Waals surface area contributed by atoms with Crippen molar-refractivity contribution in [2.45, 2.75) is 50.2 Å². The molecule has 14 heteroatoms. The number of rotatable bonds is 15. The van der Waals surface area contributed by atoms with Crippen molar-refractivity contribution in [3.8, 4) is 0 Å². The van der Waals surface area contributed by atoms with Crippen molar-refractivity contribution in [2.24, 2.45) is 11.5 Å². The average molecular weight is 478 g/mol. The summed E-state index contributed by atoms with van der Waals surface area (Å²) in [6.07, 6.45) is 7.24. The maximum Gasteiger partial charge on any atom is 0.326 e. The molecule has 2 aromatic heterocycles. The van der Waals surface area contributed by atoms with E-state index in [1.54, 1.807) is 0 Å². The van der Waals surface area contributed by atoms with Gasteiger partial charge in [-0.3, -0.25) is 14.4 Å². The number of amides is 3. The predicted octanol–water partition coefficient (Wildman–Crippen LogP) is -2.46. The zero-order valence-electron chi connectivity index (χ0n) is 18.6. The first kappa shape index (κ1) is 26.5. The quantitative estimate of drug-likeness (QED) is 0.127. The molecule has 34 heavy (non-hydrogen) atoms. The lowest BCUT2D eigenvalue weighted by Gasteiger charge is -2.24. The van der Waals surface area contributed by atoms with Crippen LogP contribution in [0.3, 0.4) is 0 Å². The molecule has 186 valence electrons. The Balaban J connectivity index is 2.12. The van der Waals surface area contributed by atoms with E-state index in [1.165, 1.54) is 25.0 Å². The second-order valence-electron chi connectivity index (χ2n) is 7.63. The molecule has 3 atom stereocenters. The number of H-pyrrole nitrogens is 2. The average Bonchev–Trinajstić information content (AvgIpc) is 3.51. The van der Waals surface area contributed by atoms with E-state index in [0.717, 1.165) is 0 Å². The Morgan fingerprint density at radius 2 is 1.41 bits per heavy atom. The first-order chi connectivity index (χ1) is 16.3. The van der Waals surface area contributed by atoms with Crippen molar-refractivity contribution in [3.05, 3.63) is 36.4 Å². The normalized spacial score (nSPS) is 13.5. The molecule has 0 aliphatic heterocycles. The van der Waals surface area contributed by atoms with Gasteiger partial charge in [0.2, 0.25) is 17.7 Å². The molecular weight excluding hydrogens is 446 g/mol. The summed E-state index contributed by atoms with van der Waals surface area (Å²) >= 11 is 0. The standard InChI is InChI=1S/C20H31N9O5/c21-4-2-1-3-14(18(31)29-16(20(33)34)6-13-9-24-11-26-13)28-19(32)15(27-17(30)7-22)5-12-8-23-10-25-12/h8-11,14-16H,1-7,21-22H2,(H,23,25)(H,24,26)(H,27,30)(H,28,32)(H,29,31)(H,33,34)/t14-,15-,16-/m0/s1. The number of hydrogen-bond donors (Lipinski definition) is 8. The molecule has 14 nitrogen and oxygen atoms in total. The van der Waals surface area contributed by atoms with Gasteiger partial charge in [-0.25, -0.2) is 14.8 Å². The fourth-order valence-electron chi connectivity index (χ4n) is 3.20. The Morgan fingerprint density at radius 1 is 0.853 bits per heavy atom. The zero-order valence-corrected chi connectivity index (χ0v) is 18.6. The molecule has 0 aliphatic carbocycles. The van der Waals surface area contributed by atoms with Gasteiger partial charge in [0.25, 0.3) is 0 Å². The maximum atomic E-state index is 13.0. The summed E-state index contributed by atoms with van der Waals surface area (Å²) in [5.74, 6) is -3.07. The summed E-state index contributed by atoms with van der Waals surface area (Å²) in [6, 6.07) is -3.30. The van der Waals surface area contributed by atoms with Crippen LogP contribution in [0, 0.1) is 0 Å². The number of aromatic amines is 2. The van der Waals surface area contributed by atoms with Gasteiger partial charge in [-0.15, -0.1) is 0 Å². The number of carboxylic acid groups (broad SMARTS) is 1. The highest BCUT2D eigenvalue weighted by molar-refractivity contribution is 5.93. The summed E-state index contributed by atoms with van der Waals surface area (Å²) in [6.45, 7) is 0.0793. The van der Waals surface area contributed by atoms with Crippen LogP contribution in [0.2, 0.25) is 0 Å². The lowest BCUT2D eigenvalue weighted by atomic mass is 10.1. The highest BCUT2D eigenvalue weighted by atomic mass is 16.4. The molecule has 0 unspecified atom stereocenters. The lowest BCUT2D eigenvalue weighted by Crippen LogP contribution is -2.57. The Bertz CT molecular complexity index is 917. The fourth-order valence-corrected chi connectivity index (χ4v) is 3.20. The summed E-state index contributed by atoms with van der Waals surface area (Å²) in [7, 11) is 0. The number of carboxylic acids is 1. The van der Waals surface area contributed by atoms with Gasteiger partial charge in [-0.05, 0) is 25.8 Å². The topological polar surface area (TPSA) is 234 Å². The van der Waals surface area contributed by atoms with Crippen molar-refractivity contribution in [1.29, 1.82) is 0 Å². The molecule has 2 aromatic rings. The van der Waals surface area contributed by atoms with Crippen molar-refractivity contribution in [1.82, 2.24) is 35.9 Å². The second-order valence-corrected chi connectivity index (χ2v) is 7.63. The van der Waals surface area contributed by atoms with E-state index in [9.17, 15) is 24.3 Å². The monoisotopic (exact) mass is 477 g/mol. The van der Waals surface area contributed by atoms with Gasteiger partial charge in [-0.1, -0.05) is 0 Å². The van der Waals surface area contributed by atoms with Crippen LogP contribution in [0.25, 0.3) is 0 Å². The largest absolute Gasteiger partial charge is 0.480 e. The molecule has 0 saturated heterocycles. The molecule has 10 N–H and O–H groups in total. The first-order valence-electron chi connectivity index (χ1n) is 10.8. The smallest absolute Gasteiger partial charge is 0.326 e. The summed E-state index contributed by atoms with van der Waals surface area (Å²) in [5, 5.41) is 17.2. The van der Waals surface area contributed by atoms with E-state index in [1.807, 2.05) is 0 Å². The van der Waals surface area contributed by atoms with E-state index in [4.69, 9.17) is 11.5 Å². The molecule has 2 heterocycles. The van der Waals surface area contributed by atoms with Crippen LogP contribution in [0.15, 0.2) is 25.0 Å². The van der Waals surface area contributed by atoms with Crippen LogP contribution < -0.4 is 27.4 Å². The number of carbonyl (C=O) groups excluding carboxylic acids is 3. The van der Waals surface area contributed by atoms with Crippen LogP contribution in [0.5, 0.6) is 0 Å². The van der Waals surface area contributed by atoms with Gasteiger partial charge in [0.15, 0.2) is 0 Å². The van der Waals surface area contributed by atoms with Gasteiger partial charge >= 0.3 is 5.97 Å². The highest BCUT2D eigenvalue weighted by Crippen LogP contribution is 2.06. The molecule has 0 radical (unpaired) electrons. The highest BCUT2D eigenvalue weighted by Gasteiger charge is 2.30. The van der Waals surface area contributed by atoms with E-state index in [-0.39, 0.29) is 25.8 Å².